The van der Waals surface area contributed by atoms with Crippen LogP contribution >= 0.6 is 0 Å². The van der Waals surface area contributed by atoms with Crippen molar-refractivity contribution >= 4 is 69.2 Å². The van der Waals surface area contributed by atoms with Crippen LogP contribution in [-0.4, -0.2) is 96.4 Å². The molecule has 0 bridgehead atoms. The van der Waals surface area contributed by atoms with E-state index in [9.17, 15) is 29.1 Å². The number of carboxylic acid groups (broad SMARTS) is 1. The zero-order valence-electron chi connectivity index (χ0n) is 39.8. The molecule has 23 heteroatoms. The summed E-state index contributed by atoms with van der Waals surface area (Å²) in [6.07, 6.45) is 10.4. The van der Waals surface area contributed by atoms with Gasteiger partial charge in [-0.2, -0.15) is 15.3 Å². The van der Waals surface area contributed by atoms with Gasteiger partial charge in [-0.25, -0.2) is 9.97 Å². The van der Waals surface area contributed by atoms with E-state index in [1.165, 1.54) is 24.3 Å². The van der Waals surface area contributed by atoms with E-state index in [0.717, 1.165) is 0 Å². The zero-order chi connectivity index (χ0) is 50.6. The van der Waals surface area contributed by atoms with Crippen molar-refractivity contribution in [3.8, 4) is 11.5 Å². The molecule has 23 nitrogen and oxygen atoms in total. The Morgan fingerprint density at radius 1 is 0.700 bits per heavy atom. The van der Waals surface area contributed by atoms with Crippen LogP contribution in [0.1, 0.15) is 93.6 Å². The van der Waals surface area contributed by atoms with E-state index >= 15 is 0 Å². The molecule has 368 valence electrons. The molecule has 4 amide bonds. The Morgan fingerprint density at radius 2 is 1.19 bits per heavy atom. The first-order chi connectivity index (χ1) is 33.6. The first kappa shape index (κ1) is 50.6. The minimum atomic E-state index is -1.00. The lowest BCUT2D eigenvalue weighted by Crippen LogP contribution is -2.20. The fourth-order valence-corrected chi connectivity index (χ4v) is 7.41. The van der Waals surface area contributed by atoms with Crippen molar-refractivity contribution < 1.29 is 38.6 Å². The summed E-state index contributed by atoms with van der Waals surface area (Å²) in [4.78, 5) is 73.5. The Kier molecular flexibility index (Phi) is 16.5. The van der Waals surface area contributed by atoms with Gasteiger partial charge in [0.1, 0.15) is 40.5 Å². The molecule has 2 aromatic carbocycles. The number of carbonyl (C=O) groups is 5. The molecule has 0 fully saturated rings. The Bertz CT molecular complexity index is 3110. The highest BCUT2D eigenvalue weighted by atomic mass is 16.5. The number of anilines is 3. The van der Waals surface area contributed by atoms with Crippen LogP contribution in [0.4, 0.5) is 17.6 Å². The Balaban J connectivity index is 0.00000397. The maximum atomic E-state index is 13.9. The first-order valence-electron chi connectivity index (χ1n) is 22.6. The molecule has 0 spiro atoms. The number of hydrogen-bond acceptors (Lipinski definition) is 13. The minimum Gasteiger partial charge on any atom is -0.491 e. The molecule has 5 aromatic heterocycles. The smallest absolute Gasteiger partial charge is 0.303 e. The lowest BCUT2D eigenvalue weighted by Gasteiger charge is -2.13. The monoisotopic (exact) mass is 959 g/mol. The Hall–Kier alpha value is -8.76. The number of fused-ring (bicyclic) bond motifs is 2. The number of aryl methyl sites for hydroxylation is 4. The highest BCUT2D eigenvalue weighted by Gasteiger charge is 2.24. The number of nitrogen functional groups attached to an aromatic ring is 1. The van der Waals surface area contributed by atoms with E-state index in [1.807, 2.05) is 33.8 Å². The zero-order valence-corrected chi connectivity index (χ0v) is 39.8. The summed E-state index contributed by atoms with van der Waals surface area (Å²) in [7, 11) is 0. The molecule has 5 heterocycles. The van der Waals surface area contributed by atoms with E-state index in [0.29, 0.717) is 59.0 Å². The summed E-state index contributed by atoms with van der Waals surface area (Å²) >= 11 is 0. The SMILES string of the molecule is CC.CCn1nc(C)cc1C(=O)Nc1nc2cc(C(N)=O)cc(OC/C=C/Cn3cc(N)cn3)c2n1C/C=C/Cn1c(NC(=O)c2cc(C)nn2CC)nc2cc(C(N)=O)cc(OCCCC(=O)O)c21. The van der Waals surface area contributed by atoms with Crippen LogP contribution in [0.5, 0.6) is 11.5 Å². The summed E-state index contributed by atoms with van der Waals surface area (Å²) in [5.41, 5.74) is 21.2. The number of hydrogen-bond donors (Lipinski definition) is 6. The number of ether oxygens (including phenoxy) is 2. The second-order valence-corrected chi connectivity index (χ2v) is 15.5. The molecule has 0 saturated heterocycles. The maximum absolute atomic E-state index is 13.9. The molecule has 0 saturated carbocycles. The third-order valence-corrected chi connectivity index (χ3v) is 10.5. The molecule has 7 aromatic rings. The van der Waals surface area contributed by atoms with Crippen molar-refractivity contribution in [1.82, 2.24) is 48.4 Å². The number of amides is 4. The number of imidazole rings is 2. The van der Waals surface area contributed by atoms with Gasteiger partial charge in [-0.3, -0.25) is 48.7 Å². The molecular weight excluding hydrogens is 903 g/mol. The summed E-state index contributed by atoms with van der Waals surface area (Å²) in [5.74, 6) is -2.81. The van der Waals surface area contributed by atoms with Crippen LogP contribution in [0.15, 0.2) is 73.1 Å². The quantitative estimate of drug-likeness (QED) is 0.0382. The summed E-state index contributed by atoms with van der Waals surface area (Å²) < 4.78 is 20.5. The van der Waals surface area contributed by atoms with Gasteiger partial charge < -0.3 is 40.9 Å². The van der Waals surface area contributed by atoms with E-state index < -0.39 is 29.6 Å². The van der Waals surface area contributed by atoms with Crippen molar-refractivity contribution in [1.29, 1.82) is 0 Å². The maximum Gasteiger partial charge on any atom is 0.303 e. The topological polar surface area (TPSA) is 315 Å². The van der Waals surface area contributed by atoms with Gasteiger partial charge in [0.2, 0.25) is 23.7 Å². The highest BCUT2D eigenvalue weighted by molar-refractivity contribution is 6.05. The molecule has 0 aliphatic heterocycles. The second-order valence-electron chi connectivity index (χ2n) is 15.5. The number of nitrogens with zero attached hydrogens (tertiary/aromatic N) is 10. The number of nitrogens with one attached hydrogen (secondary N) is 2. The van der Waals surface area contributed by atoms with Crippen LogP contribution in [0.3, 0.4) is 0 Å². The van der Waals surface area contributed by atoms with Crippen LogP contribution in [-0.2, 0) is 37.5 Å². The van der Waals surface area contributed by atoms with Crippen LogP contribution in [0.25, 0.3) is 22.1 Å². The van der Waals surface area contributed by atoms with E-state index in [-0.39, 0.29) is 84.9 Å². The average Bonchev–Trinajstić information content (AvgIpc) is 4.17. The Labute approximate surface area is 401 Å². The molecule has 0 aliphatic carbocycles. The van der Waals surface area contributed by atoms with Gasteiger partial charge >= 0.3 is 5.97 Å². The number of rotatable bonds is 22. The largest absolute Gasteiger partial charge is 0.491 e. The lowest BCUT2D eigenvalue weighted by atomic mass is 10.1. The number of carboxylic acids is 1. The van der Waals surface area contributed by atoms with Gasteiger partial charge in [-0.15, -0.1) is 0 Å². The number of primary amides is 2. The van der Waals surface area contributed by atoms with E-state index in [2.05, 4.69) is 25.9 Å². The van der Waals surface area contributed by atoms with Gasteiger partial charge in [-0.1, -0.05) is 32.1 Å². The highest BCUT2D eigenvalue weighted by Crippen LogP contribution is 2.33. The number of aliphatic carboxylic acids is 1. The molecule has 9 N–H and O–H groups in total. The molecule has 0 aliphatic rings. The average molecular weight is 960 g/mol. The number of aromatic nitrogens is 10. The summed E-state index contributed by atoms with van der Waals surface area (Å²) in [5, 5.41) is 28.0. The number of carbonyl (C=O) groups excluding carboxylic acids is 4. The van der Waals surface area contributed by atoms with E-state index in [4.69, 9.17) is 36.6 Å². The van der Waals surface area contributed by atoms with Crippen molar-refractivity contribution in [2.24, 2.45) is 11.5 Å². The van der Waals surface area contributed by atoms with Crippen LogP contribution < -0.4 is 37.3 Å². The normalized spacial score (nSPS) is 11.3. The van der Waals surface area contributed by atoms with Gasteiger partial charge in [0.25, 0.3) is 11.8 Å². The van der Waals surface area contributed by atoms with Gasteiger partial charge in [0.05, 0.1) is 47.5 Å². The van der Waals surface area contributed by atoms with Crippen LogP contribution in [0.2, 0.25) is 0 Å². The van der Waals surface area contributed by atoms with Gasteiger partial charge in [0, 0.05) is 49.9 Å². The van der Waals surface area contributed by atoms with Gasteiger partial charge in [-0.05, 0) is 76.6 Å². The molecule has 70 heavy (non-hydrogen) atoms. The molecule has 0 atom stereocenters. The number of benzene rings is 2. The predicted molar refractivity (Wildman–Crippen MR) is 262 cm³/mol. The fraction of sp³-hybridized carbons (Fsp3) is 0.319. The number of nitrogens with two attached hydrogens (primary N) is 3. The fourth-order valence-electron chi connectivity index (χ4n) is 7.41. The Morgan fingerprint density at radius 3 is 1.63 bits per heavy atom. The molecular formula is C47H57N15O8. The second kappa shape index (κ2) is 22.8. The van der Waals surface area contributed by atoms with E-state index in [1.54, 1.807) is 79.8 Å². The lowest BCUT2D eigenvalue weighted by molar-refractivity contribution is -0.137. The van der Waals surface area contributed by atoms with Crippen molar-refractivity contribution in [2.75, 3.05) is 29.6 Å². The van der Waals surface area contributed by atoms with Gasteiger partial charge in [0.15, 0.2) is 0 Å². The molecule has 0 unspecified atom stereocenters. The minimum absolute atomic E-state index is 0.0147. The molecule has 7 rings (SSSR count). The molecule has 0 radical (unpaired) electrons. The predicted octanol–water partition coefficient (Wildman–Crippen LogP) is 5.08. The number of allylic oxidation sites excluding steroid dienone is 3. The van der Waals surface area contributed by atoms with Crippen LogP contribution in [0, 0.1) is 13.8 Å². The summed E-state index contributed by atoms with van der Waals surface area (Å²) in [6.45, 7) is 12.8. The third-order valence-electron chi connectivity index (χ3n) is 10.5. The van der Waals surface area contributed by atoms with Crippen molar-refractivity contribution in [3.63, 3.8) is 0 Å². The van der Waals surface area contributed by atoms with Crippen molar-refractivity contribution in [2.45, 2.75) is 87.1 Å². The summed E-state index contributed by atoms with van der Waals surface area (Å²) in [6, 6.07) is 9.24. The third kappa shape index (κ3) is 11.8. The van der Waals surface area contributed by atoms with Crippen molar-refractivity contribution in [3.05, 3.63) is 107 Å². The standard InChI is InChI=1S/C45H51N15O8.C2H6/c1-5-59-33(18-26(3)54-59)42(65)52-44-50-31-20-28(40(47)63)22-35(67-16-10-9-13-56-25-30(46)24-49-56)38(31)57(44)14-7-8-15-58-39-32(21-29(41(48)64)23-36(39)68-17-11-12-37(61)62)51-45(58)53-43(66)34-19-27(4)55-60(34)6-2;1-2/h7-10,18-25H,5-6,11-17,46H2,1-4H3,(H2,47,63)(H2,48,64)(H,61,62)(H,50,52,65)(H,51,53,66);1-2H3/b8-7+,10-9+;. The first-order valence-corrected chi connectivity index (χ1v) is 22.6.